The molecule has 1 N–H and O–H groups in total. The molecular weight excluding hydrogens is 274 g/mol. The lowest BCUT2D eigenvalue weighted by Crippen LogP contribution is -2.26. The molecule has 1 aliphatic rings. The van der Waals surface area contributed by atoms with E-state index in [0.29, 0.717) is 6.04 Å². The third-order valence-corrected chi connectivity index (χ3v) is 4.38. The van der Waals surface area contributed by atoms with Crippen LogP contribution in [0.2, 0.25) is 0 Å². The van der Waals surface area contributed by atoms with Crippen molar-refractivity contribution in [2.45, 2.75) is 45.1 Å². The first-order valence-electron chi connectivity index (χ1n) is 5.53. The molecule has 3 nitrogen and oxygen atoms in total. The number of hydrogen-bond acceptors (Lipinski definition) is 4. The van der Waals surface area contributed by atoms with Crippen LogP contribution in [0.4, 0.5) is 5.13 Å². The standard InChI is InChI=1S/C10H16BrN3S/c1-2-7-4-3-5-8(6-7)12-10-14-13-9(11)15-10/h7-8H,2-6H2,1H3,(H,12,14). The molecule has 0 bridgehead atoms. The van der Waals surface area contributed by atoms with Gasteiger partial charge in [0.1, 0.15) is 0 Å². The lowest BCUT2D eigenvalue weighted by molar-refractivity contribution is 0.327. The van der Waals surface area contributed by atoms with E-state index in [1.165, 1.54) is 32.1 Å². The Morgan fingerprint density at radius 2 is 2.33 bits per heavy atom. The smallest absolute Gasteiger partial charge is 0.206 e. The van der Waals surface area contributed by atoms with Crippen LogP contribution >= 0.6 is 27.3 Å². The van der Waals surface area contributed by atoms with Gasteiger partial charge in [-0.1, -0.05) is 37.5 Å². The molecule has 1 fully saturated rings. The molecule has 15 heavy (non-hydrogen) atoms. The Morgan fingerprint density at radius 3 is 3.00 bits per heavy atom. The first kappa shape index (κ1) is 11.3. The molecule has 1 aliphatic carbocycles. The molecule has 1 aromatic heterocycles. The zero-order valence-electron chi connectivity index (χ0n) is 8.87. The van der Waals surface area contributed by atoms with E-state index in [9.17, 15) is 0 Å². The van der Waals surface area contributed by atoms with Gasteiger partial charge in [0.05, 0.1) is 0 Å². The SMILES string of the molecule is CCC1CCCC(Nc2nnc(Br)s2)C1. The molecule has 1 aromatic rings. The molecule has 1 heterocycles. The van der Waals surface area contributed by atoms with Gasteiger partial charge in [0.25, 0.3) is 0 Å². The van der Waals surface area contributed by atoms with Gasteiger partial charge in [-0.15, -0.1) is 10.2 Å². The largest absolute Gasteiger partial charge is 0.357 e. The quantitative estimate of drug-likeness (QED) is 0.922. The third kappa shape index (κ3) is 3.14. The van der Waals surface area contributed by atoms with Gasteiger partial charge in [-0.05, 0) is 34.7 Å². The number of halogens is 1. The van der Waals surface area contributed by atoms with E-state index in [2.05, 4.69) is 38.4 Å². The molecule has 0 spiro atoms. The fourth-order valence-corrected chi connectivity index (χ4v) is 3.32. The molecule has 5 heteroatoms. The minimum Gasteiger partial charge on any atom is -0.357 e. The summed E-state index contributed by atoms with van der Waals surface area (Å²) in [6, 6.07) is 0.601. The molecule has 2 atom stereocenters. The summed E-state index contributed by atoms with van der Waals surface area (Å²) in [5.41, 5.74) is 0. The summed E-state index contributed by atoms with van der Waals surface area (Å²) in [6.45, 7) is 2.29. The van der Waals surface area contributed by atoms with E-state index < -0.39 is 0 Å². The maximum absolute atomic E-state index is 4.07. The molecular formula is C10H16BrN3S. The average molecular weight is 290 g/mol. The lowest BCUT2D eigenvalue weighted by atomic mass is 9.84. The molecule has 1 saturated carbocycles. The monoisotopic (exact) mass is 289 g/mol. The Morgan fingerprint density at radius 1 is 1.47 bits per heavy atom. The molecule has 0 radical (unpaired) electrons. The van der Waals surface area contributed by atoms with Crippen molar-refractivity contribution in [2.24, 2.45) is 5.92 Å². The van der Waals surface area contributed by atoms with Gasteiger partial charge in [0, 0.05) is 6.04 Å². The van der Waals surface area contributed by atoms with Crippen molar-refractivity contribution in [1.29, 1.82) is 0 Å². The van der Waals surface area contributed by atoms with Crippen molar-refractivity contribution >= 4 is 32.4 Å². The fourth-order valence-electron chi connectivity index (χ4n) is 2.23. The Kier molecular flexibility index (Phi) is 3.97. The predicted molar refractivity (Wildman–Crippen MR) is 67.3 cm³/mol. The van der Waals surface area contributed by atoms with Crippen LogP contribution in [0.1, 0.15) is 39.0 Å². The molecule has 0 aliphatic heterocycles. The Hall–Kier alpha value is -0.160. The molecule has 0 saturated heterocycles. The maximum Gasteiger partial charge on any atom is 0.206 e. The van der Waals surface area contributed by atoms with Crippen LogP contribution in [0.5, 0.6) is 0 Å². The van der Waals surface area contributed by atoms with Gasteiger partial charge in [-0.25, -0.2) is 0 Å². The predicted octanol–water partition coefficient (Wildman–Crippen LogP) is 3.68. The normalized spacial score (nSPS) is 26.5. The van der Waals surface area contributed by atoms with Crippen molar-refractivity contribution in [3.05, 3.63) is 3.92 Å². The number of nitrogens with zero attached hydrogens (tertiary/aromatic N) is 2. The molecule has 2 rings (SSSR count). The van der Waals surface area contributed by atoms with Gasteiger partial charge in [0.2, 0.25) is 5.13 Å². The van der Waals surface area contributed by atoms with Gasteiger partial charge >= 0.3 is 0 Å². The lowest BCUT2D eigenvalue weighted by Gasteiger charge is -2.28. The van der Waals surface area contributed by atoms with Gasteiger partial charge in [-0.2, -0.15) is 0 Å². The second-order valence-corrected chi connectivity index (χ2v) is 6.40. The highest BCUT2D eigenvalue weighted by molar-refractivity contribution is 9.11. The summed E-state index contributed by atoms with van der Waals surface area (Å²) in [7, 11) is 0. The highest BCUT2D eigenvalue weighted by Crippen LogP contribution is 2.30. The number of aromatic nitrogens is 2. The molecule has 2 unspecified atom stereocenters. The summed E-state index contributed by atoms with van der Waals surface area (Å²) in [4.78, 5) is 0. The van der Waals surface area contributed by atoms with Crippen LogP contribution in [0.15, 0.2) is 3.92 Å². The molecule has 0 amide bonds. The van der Waals surface area contributed by atoms with Crippen molar-refractivity contribution < 1.29 is 0 Å². The van der Waals surface area contributed by atoms with Crippen LogP contribution < -0.4 is 5.32 Å². The van der Waals surface area contributed by atoms with Crippen LogP contribution in [0.3, 0.4) is 0 Å². The summed E-state index contributed by atoms with van der Waals surface area (Å²) in [5.74, 6) is 0.896. The van der Waals surface area contributed by atoms with Crippen molar-refractivity contribution in [3.8, 4) is 0 Å². The van der Waals surface area contributed by atoms with Crippen LogP contribution in [0, 0.1) is 5.92 Å². The Bertz CT molecular complexity index is 315. The minimum atomic E-state index is 0.601. The van der Waals surface area contributed by atoms with Crippen molar-refractivity contribution in [1.82, 2.24) is 10.2 Å². The third-order valence-electron chi connectivity index (χ3n) is 3.09. The van der Waals surface area contributed by atoms with E-state index in [4.69, 9.17) is 0 Å². The van der Waals surface area contributed by atoms with Gasteiger partial charge in [0.15, 0.2) is 3.92 Å². The maximum atomic E-state index is 4.07. The van der Waals surface area contributed by atoms with Crippen molar-refractivity contribution in [2.75, 3.05) is 5.32 Å². The van der Waals surface area contributed by atoms with Crippen molar-refractivity contribution in [3.63, 3.8) is 0 Å². The van der Waals surface area contributed by atoms with E-state index in [-0.39, 0.29) is 0 Å². The Balaban J connectivity index is 1.88. The van der Waals surface area contributed by atoms with Crippen LogP contribution in [-0.4, -0.2) is 16.2 Å². The molecule has 84 valence electrons. The zero-order valence-corrected chi connectivity index (χ0v) is 11.3. The number of hydrogen-bond donors (Lipinski definition) is 1. The number of rotatable bonds is 3. The van der Waals surface area contributed by atoms with Crippen LogP contribution in [0.25, 0.3) is 0 Å². The topological polar surface area (TPSA) is 37.8 Å². The summed E-state index contributed by atoms with van der Waals surface area (Å²) < 4.78 is 0.854. The highest BCUT2D eigenvalue weighted by Gasteiger charge is 2.21. The van der Waals surface area contributed by atoms with E-state index >= 15 is 0 Å². The second kappa shape index (κ2) is 5.25. The summed E-state index contributed by atoms with van der Waals surface area (Å²) in [5, 5.41) is 12.4. The van der Waals surface area contributed by atoms with Crippen LogP contribution in [-0.2, 0) is 0 Å². The van der Waals surface area contributed by atoms with E-state index in [1.807, 2.05) is 0 Å². The average Bonchev–Trinajstić information content (AvgIpc) is 2.64. The Labute approximate surface area is 103 Å². The molecule has 0 aromatic carbocycles. The zero-order chi connectivity index (χ0) is 10.7. The second-order valence-electron chi connectivity index (χ2n) is 4.14. The van der Waals surface area contributed by atoms with E-state index in [1.54, 1.807) is 11.3 Å². The minimum absolute atomic E-state index is 0.601. The number of nitrogens with one attached hydrogen (secondary N) is 1. The fraction of sp³-hybridized carbons (Fsp3) is 0.800. The van der Waals surface area contributed by atoms with E-state index in [0.717, 1.165) is 15.0 Å². The number of anilines is 1. The highest BCUT2D eigenvalue weighted by atomic mass is 79.9. The summed E-state index contributed by atoms with van der Waals surface area (Å²) in [6.07, 6.45) is 6.60. The first-order chi connectivity index (χ1) is 7.28. The van der Waals surface area contributed by atoms with Gasteiger partial charge in [-0.3, -0.25) is 0 Å². The van der Waals surface area contributed by atoms with Gasteiger partial charge < -0.3 is 5.32 Å². The first-order valence-corrected chi connectivity index (χ1v) is 7.14. The summed E-state index contributed by atoms with van der Waals surface area (Å²) >= 11 is 4.90.